The maximum Gasteiger partial charge on any atom is 0.134 e. The van der Waals surface area contributed by atoms with Gasteiger partial charge < -0.3 is 10.8 Å². The van der Waals surface area contributed by atoms with Gasteiger partial charge in [-0.25, -0.2) is 0 Å². The number of phenolic OH excluding ortho intramolecular Hbond substituents is 1. The number of rotatable bonds is 8. The number of benzene rings is 6. The normalized spacial score (nSPS) is 12.8. The number of carbonyl (C=O) groups excluding carboxylic acids is 1. The van der Waals surface area contributed by atoms with Gasteiger partial charge in [0.25, 0.3) is 0 Å². The van der Waals surface area contributed by atoms with Crippen molar-refractivity contribution in [2.45, 2.75) is 24.7 Å². The number of hydrogen-bond donors (Lipinski definition) is 2. The Balaban J connectivity index is 1.41. The van der Waals surface area contributed by atoms with Crippen LogP contribution in [-0.2, 0) is 4.79 Å². The predicted molar refractivity (Wildman–Crippen MR) is 165 cm³/mol. The van der Waals surface area contributed by atoms with Crippen LogP contribution in [-0.4, -0.2) is 10.9 Å². The van der Waals surface area contributed by atoms with E-state index < -0.39 is 0 Å². The van der Waals surface area contributed by atoms with Crippen molar-refractivity contribution in [1.82, 2.24) is 0 Å². The lowest BCUT2D eigenvalue weighted by atomic mass is 9.80. The van der Waals surface area contributed by atoms with Crippen LogP contribution in [0.2, 0.25) is 0 Å². The van der Waals surface area contributed by atoms with Crippen molar-refractivity contribution < 1.29 is 9.90 Å². The highest BCUT2D eigenvalue weighted by Gasteiger charge is 2.25. The number of aromatic hydroxyl groups is 1. The third-order valence-electron chi connectivity index (χ3n) is 7.86. The van der Waals surface area contributed by atoms with Crippen LogP contribution in [0.5, 0.6) is 5.75 Å². The van der Waals surface area contributed by atoms with Crippen LogP contribution in [0.3, 0.4) is 0 Å². The summed E-state index contributed by atoms with van der Waals surface area (Å²) in [6.07, 6.45) is 0.728. The highest BCUT2D eigenvalue weighted by atomic mass is 16.3. The van der Waals surface area contributed by atoms with E-state index in [4.69, 9.17) is 5.73 Å². The smallest absolute Gasteiger partial charge is 0.134 e. The van der Waals surface area contributed by atoms with E-state index in [-0.39, 0.29) is 23.4 Å². The molecular formula is C37H31NO2. The van der Waals surface area contributed by atoms with Crippen LogP contribution in [0.15, 0.2) is 133 Å². The van der Waals surface area contributed by atoms with Crippen molar-refractivity contribution in [1.29, 1.82) is 0 Å². The summed E-state index contributed by atoms with van der Waals surface area (Å²) in [4.78, 5) is 14.1. The molecule has 3 nitrogen and oxygen atoms in total. The fourth-order valence-corrected chi connectivity index (χ4v) is 5.93. The standard InChI is InChI=1S/C37H31NO2/c38-29-19-17-27-13-7-15-32(34(27)21-29)36(25-9-3-1-4-10-25)23-31(40)24-37(26-11-5-2-6-12-26)33-16-8-14-28-18-20-30(39)22-35(28)33/h1-22,36-37,39H,23-24,38H2/t36-,37-/m0/s1. The summed E-state index contributed by atoms with van der Waals surface area (Å²) < 4.78 is 0. The predicted octanol–water partition coefficient (Wildman–Crippen LogP) is 8.59. The molecule has 0 fully saturated rings. The summed E-state index contributed by atoms with van der Waals surface area (Å²) in [5, 5.41) is 14.5. The largest absolute Gasteiger partial charge is 0.508 e. The van der Waals surface area contributed by atoms with Crippen molar-refractivity contribution >= 4 is 33.0 Å². The number of fused-ring (bicyclic) bond motifs is 2. The van der Waals surface area contributed by atoms with Gasteiger partial charge in [-0.05, 0) is 68.1 Å². The molecule has 6 aromatic carbocycles. The number of nitrogens with two attached hydrogens (primary N) is 1. The van der Waals surface area contributed by atoms with Gasteiger partial charge in [-0.15, -0.1) is 0 Å². The van der Waals surface area contributed by atoms with E-state index in [0.717, 1.165) is 43.8 Å². The second-order valence-electron chi connectivity index (χ2n) is 10.5. The van der Waals surface area contributed by atoms with Gasteiger partial charge in [-0.1, -0.05) is 109 Å². The molecule has 40 heavy (non-hydrogen) atoms. The molecular weight excluding hydrogens is 490 g/mol. The van der Waals surface area contributed by atoms with Crippen molar-refractivity contribution in [2.24, 2.45) is 0 Å². The number of anilines is 1. The molecule has 0 radical (unpaired) electrons. The number of ketones is 1. The Labute approximate surface area is 234 Å². The Hall–Kier alpha value is -4.89. The first-order valence-electron chi connectivity index (χ1n) is 13.7. The molecule has 6 rings (SSSR count). The van der Waals surface area contributed by atoms with E-state index in [1.165, 1.54) is 0 Å². The van der Waals surface area contributed by atoms with Crippen LogP contribution >= 0.6 is 0 Å². The zero-order valence-electron chi connectivity index (χ0n) is 22.2. The second kappa shape index (κ2) is 11.1. The molecule has 0 heterocycles. The zero-order valence-corrected chi connectivity index (χ0v) is 22.2. The van der Waals surface area contributed by atoms with E-state index in [1.807, 2.05) is 72.8 Å². The number of hydrogen-bond acceptors (Lipinski definition) is 3. The first-order chi connectivity index (χ1) is 19.6. The fraction of sp³-hybridized carbons (Fsp3) is 0.108. The molecule has 196 valence electrons. The van der Waals surface area contributed by atoms with Crippen LogP contribution in [0.25, 0.3) is 21.5 Å². The minimum Gasteiger partial charge on any atom is -0.508 e. The minimum absolute atomic E-state index is 0.104. The molecule has 0 bridgehead atoms. The maximum atomic E-state index is 14.1. The average Bonchev–Trinajstić information content (AvgIpc) is 2.99. The Bertz CT molecular complexity index is 1660. The van der Waals surface area contributed by atoms with Crippen molar-refractivity contribution in [3.63, 3.8) is 0 Å². The first kappa shape index (κ1) is 25.4. The summed E-state index contributed by atoms with van der Waals surface area (Å²) in [6, 6.07) is 44.3. The molecule has 0 saturated carbocycles. The van der Waals surface area contributed by atoms with Crippen LogP contribution in [0, 0.1) is 0 Å². The van der Waals surface area contributed by atoms with E-state index in [9.17, 15) is 9.90 Å². The Morgan fingerprint density at radius 1 is 0.575 bits per heavy atom. The molecule has 0 spiro atoms. The number of Topliss-reactive ketones (excluding diaryl/α,β-unsaturated/α-hetero) is 1. The fourth-order valence-electron chi connectivity index (χ4n) is 5.93. The molecule has 0 saturated heterocycles. The molecule has 0 aromatic heterocycles. The van der Waals surface area contributed by atoms with E-state index >= 15 is 0 Å². The molecule has 2 atom stereocenters. The van der Waals surface area contributed by atoms with Gasteiger partial charge in [0.2, 0.25) is 0 Å². The molecule has 3 heteroatoms. The van der Waals surface area contributed by atoms with Gasteiger partial charge in [0, 0.05) is 30.4 Å². The summed E-state index contributed by atoms with van der Waals surface area (Å²) in [5.41, 5.74) is 11.3. The lowest BCUT2D eigenvalue weighted by Gasteiger charge is -2.23. The Kier molecular flexibility index (Phi) is 7.03. The molecule has 6 aromatic rings. The summed E-state index contributed by atoms with van der Waals surface area (Å²) in [6.45, 7) is 0. The van der Waals surface area contributed by atoms with Gasteiger partial charge in [0.15, 0.2) is 0 Å². The Morgan fingerprint density at radius 3 is 1.62 bits per heavy atom. The minimum atomic E-state index is -0.140. The molecule has 3 N–H and O–H groups in total. The SMILES string of the molecule is Nc1ccc2cccc([C@@H](CC(=O)C[C@@H](c3ccccc3)c3cccc4ccc(O)cc34)c3ccccc3)c2c1. The zero-order chi connectivity index (χ0) is 27.5. The van der Waals surface area contributed by atoms with Gasteiger partial charge in [-0.3, -0.25) is 4.79 Å². The summed E-state index contributed by atoms with van der Waals surface area (Å²) >= 11 is 0. The van der Waals surface area contributed by atoms with E-state index in [1.54, 1.807) is 12.1 Å². The Morgan fingerprint density at radius 2 is 1.07 bits per heavy atom. The molecule has 0 unspecified atom stereocenters. The van der Waals surface area contributed by atoms with Crippen LogP contribution in [0.4, 0.5) is 5.69 Å². The lowest BCUT2D eigenvalue weighted by Crippen LogP contribution is -2.14. The molecule has 0 aliphatic rings. The summed E-state index contributed by atoms with van der Waals surface area (Å²) in [7, 11) is 0. The topological polar surface area (TPSA) is 63.3 Å². The highest BCUT2D eigenvalue weighted by Crippen LogP contribution is 2.38. The lowest BCUT2D eigenvalue weighted by molar-refractivity contribution is -0.119. The maximum absolute atomic E-state index is 14.1. The van der Waals surface area contributed by atoms with Gasteiger partial charge in [0.05, 0.1) is 0 Å². The monoisotopic (exact) mass is 521 g/mol. The average molecular weight is 522 g/mol. The van der Waals surface area contributed by atoms with Crippen LogP contribution in [0.1, 0.15) is 46.9 Å². The highest BCUT2D eigenvalue weighted by molar-refractivity contribution is 5.91. The van der Waals surface area contributed by atoms with Gasteiger partial charge in [-0.2, -0.15) is 0 Å². The van der Waals surface area contributed by atoms with Gasteiger partial charge >= 0.3 is 0 Å². The number of carbonyl (C=O) groups is 1. The molecule has 0 aliphatic carbocycles. The van der Waals surface area contributed by atoms with Gasteiger partial charge in [0.1, 0.15) is 11.5 Å². The number of phenols is 1. The number of nitrogen functional groups attached to an aromatic ring is 1. The second-order valence-corrected chi connectivity index (χ2v) is 10.5. The van der Waals surface area contributed by atoms with Crippen molar-refractivity contribution in [2.75, 3.05) is 5.73 Å². The van der Waals surface area contributed by atoms with Crippen LogP contribution < -0.4 is 5.73 Å². The van der Waals surface area contributed by atoms with E-state index in [0.29, 0.717) is 18.5 Å². The molecule has 0 aliphatic heterocycles. The third kappa shape index (κ3) is 5.19. The van der Waals surface area contributed by atoms with Crippen molar-refractivity contribution in [3.8, 4) is 5.75 Å². The first-order valence-corrected chi connectivity index (χ1v) is 13.7. The van der Waals surface area contributed by atoms with Crippen molar-refractivity contribution in [3.05, 3.63) is 156 Å². The van der Waals surface area contributed by atoms with E-state index in [2.05, 4.69) is 48.5 Å². The molecule has 0 amide bonds. The summed E-state index contributed by atoms with van der Waals surface area (Å²) in [5.74, 6) is 0.157. The quantitative estimate of drug-likeness (QED) is 0.197. The third-order valence-corrected chi connectivity index (χ3v) is 7.86.